The molecule has 1 N–H and O–H groups in total. The van der Waals surface area contributed by atoms with Crippen molar-refractivity contribution in [2.45, 2.75) is 24.1 Å². The topological polar surface area (TPSA) is 81.2 Å². The van der Waals surface area contributed by atoms with E-state index in [-0.39, 0.29) is 17.4 Å². The molecule has 0 saturated carbocycles. The molecule has 0 aliphatic rings. The molecule has 1 amide bonds. The van der Waals surface area contributed by atoms with E-state index in [9.17, 15) is 9.59 Å². The van der Waals surface area contributed by atoms with Crippen molar-refractivity contribution in [3.8, 4) is 5.75 Å². The molecule has 0 aliphatic heterocycles. The number of anilines is 1. The van der Waals surface area contributed by atoms with Gasteiger partial charge in [-0.2, -0.15) is 0 Å². The van der Waals surface area contributed by atoms with Gasteiger partial charge in [-0.05, 0) is 24.6 Å². The lowest BCUT2D eigenvalue weighted by Crippen LogP contribution is -2.11. The molecule has 3 rings (SSSR count). The maximum atomic E-state index is 12.5. The Kier molecular flexibility index (Phi) is 7.77. The van der Waals surface area contributed by atoms with E-state index in [4.69, 9.17) is 4.74 Å². The van der Waals surface area contributed by atoms with Gasteiger partial charge in [0.1, 0.15) is 5.75 Å². The van der Waals surface area contributed by atoms with E-state index in [0.717, 1.165) is 12.8 Å². The van der Waals surface area contributed by atoms with Crippen molar-refractivity contribution < 1.29 is 14.3 Å². The van der Waals surface area contributed by atoms with Gasteiger partial charge >= 0.3 is 0 Å². The first kappa shape index (κ1) is 21.0. The van der Waals surface area contributed by atoms with Gasteiger partial charge in [0.2, 0.25) is 5.13 Å². The molecule has 0 spiro atoms. The van der Waals surface area contributed by atoms with Gasteiger partial charge in [0.25, 0.3) is 5.91 Å². The lowest BCUT2D eigenvalue weighted by atomic mass is 10.2. The van der Waals surface area contributed by atoms with Gasteiger partial charge in [0.15, 0.2) is 10.1 Å². The predicted octanol–water partition coefficient (Wildman–Crippen LogP) is 4.94. The Morgan fingerprint density at radius 2 is 1.86 bits per heavy atom. The summed E-state index contributed by atoms with van der Waals surface area (Å²) in [5.41, 5.74) is 1.15. The molecule has 0 bridgehead atoms. The lowest BCUT2D eigenvalue weighted by Gasteiger charge is -2.07. The van der Waals surface area contributed by atoms with Gasteiger partial charge in [-0.1, -0.05) is 72.8 Å². The number of nitrogens with one attached hydrogen (secondary N) is 1. The van der Waals surface area contributed by atoms with Gasteiger partial charge in [-0.3, -0.25) is 14.9 Å². The Morgan fingerprint density at radius 1 is 1.07 bits per heavy atom. The van der Waals surface area contributed by atoms with Crippen LogP contribution in [0.15, 0.2) is 58.9 Å². The van der Waals surface area contributed by atoms with Crippen LogP contribution in [0.4, 0.5) is 5.13 Å². The van der Waals surface area contributed by atoms with Crippen molar-refractivity contribution >= 4 is 39.9 Å². The highest BCUT2D eigenvalue weighted by molar-refractivity contribution is 8.01. The molecule has 0 saturated heterocycles. The van der Waals surface area contributed by atoms with Crippen LogP contribution >= 0.6 is 23.1 Å². The Hall–Kier alpha value is -2.71. The van der Waals surface area contributed by atoms with Crippen molar-refractivity contribution in [3.05, 3.63) is 65.7 Å². The third kappa shape index (κ3) is 6.40. The maximum absolute atomic E-state index is 12.5. The number of hydrogen-bond acceptors (Lipinski definition) is 7. The molecule has 0 unspecified atom stereocenters. The standard InChI is InChI=1S/C21H21N3O3S2/c1-2-3-12-27-17-11-7-10-16(13-17)19(26)22-20-23-24-21(29-20)28-14-18(25)15-8-5-4-6-9-15/h4-11,13H,2-3,12,14H2,1H3,(H,22,23,26). The second-order valence-electron chi connectivity index (χ2n) is 6.13. The molecule has 29 heavy (non-hydrogen) atoms. The number of rotatable bonds is 10. The largest absolute Gasteiger partial charge is 0.494 e. The average molecular weight is 428 g/mol. The zero-order valence-corrected chi connectivity index (χ0v) is 17.6. The number of ether oxygens (including phenoxy) is 1. The summed E-state index contributed by atoms with van der Waals surface area (Å²) in [6, 6.07) is 16.2. The number of hydrogen-bond donors (Lipinski definition) is 1. The van der Waals surface area contributed by atoms with Gasteiger partial charge in [-0.15, -0.1) is 10.2 Å². The van der Waals surface area contributed by atoms with Crippen LogP contribution in [0, 0.1) is 0 Å². The minimum atomic E-state index is -0.279. The molecule has 0 atom stereocenters. The summed E-state index contributed by atoms with van der Waals surface area (Å²) in [6.07, 6.45) is 2.02. The molecule has 0 fully saturated rings. The summed E-state index contributed by atoms with van der Waals surface area (Å²) in [7, 11) is 0. The summed E-state index contributed by atoms with van der Waals surface area (Å²) in [5.74, 6) is 0.679. The van der Waals surface area contributed by atoms with E-state index in [1.165, 1.54) is 23.1 Å². The van der Waals surface area contributed by atoms with E-state index in [0.29, 0.717) is 33.0 Å². The molecule has 3 aromatic rings. The van der Waals surface area contributed by atoms with Crippen LogP contribution in [0.3, 0.4) is 0 Å². The molecule has 6 nitrogen and oxygen atoms in total. The average Bonchev–Trinajstić information content (AvgIpc) is 3.20. The number of aromatic nitrogens is 2. The van der Waals surface area contributed by atoms with Crippen LogP contribution in [0.5, 0.6) is 5.75 Å². The number of benzene rings is 2. The highest BCUT2D eigenvalue weighted by atomic mass is 32.2. The molecule has 0 radical (unpaired) electrons. The van der Waals surface area contributed by atoms with Gasteiger partial charge in [-0.25, -0.2) is 0 Å². The second-order valence-corrected chi connectivity index (χ2v) is 8.33. The highest BCUT2D eigenvalue weighted by Crippen LogP contribution is 2.26. The molecule has 150 valence electrons. The first-order valence-corrected chi connectivity index (χ1v) is 11.0. The zero-order chi connectivity index (χ0) is 20.5. The fraction of sp³-hybridized carbons (Fsp3) is 0.238. The summed E-state index contributed by atoms with van der Waals surface area (Å²) in [5, 5.41) is 11.2. The summed E-state index contributed by atoms with van der Waals surface area (Å²) in [6.45, 7) is 2.72. The quantitative estimate of drug-likeness (QED) is 0.213. The number of unbranched alkanes of at least 4 members (excludes halogenated alkanes) is 1. The highest BCUT2D eigenvalue weighted by Gasteiger charge is 2.13. The zero-order valence-electron chi connectivity index (χ0n) is 16.0. The van der Waals surface area contributed by atoms with E-state index in [1.54, 1.807) is 30.3 Å². The van der Waals surface area contributed by atoms with Gasteiger partial charge in [0.05, 0.1) is 12.4 Å². The van der Waals surface area contributed by atoms with E-state index in [1.807, 2.05) is 24.3 Å². The first-order chi connectivity index (χ1) is 14.2. The first-order valence-electron chi connectivity index (χ1n) is 9.24. The minimum absolute atomic E-state index is 0.0243. The third-order valence-electron chi connectivity index (χ3n) is 3.91. The molecular formula is C21H21N3O3S2. The number of carbonyl (C=O) groups is 2. The number of nitrogens with zero attached hydrogens (tertiary/aromatic N) is 2. The Balaban J connectivity index is 1.53. The molecule has 0 aliphatic carbocycles. The van der Waals surface area contributed by atoms with Crippen LogP contribution < -0.4 is 10.1 Å². The van der Waals surface area contributed by atoms with Crippen molar-refractivity contribution in [1.29, 1.82) is 0 Å². The maximum Gasteiger partial charge on any atom is 0.257 e. The smallest absolute Gasteiger partial charge is 0.257 e. The molecular weight excluding hydrogens is 406 g/mol. The van der Waals surface area contributed by atoms with Crippen LogP contribution in [-0.2, 0) is 0 Å². The van der Waals surface area contributed by atoms with Gasteiger partial charge in [0, 0.05) is 11.1 Å². The lowest BCUT2D eigenvalue weighted by molar-refractivity contribution is 0.101. The van der Waals surface area contributed by atoms with Crippen molar-refractivity contribution in [2.24, 2.45) is 0 Å². The fourth-order valence-corrected chi connectivity index (χ4v) is 4.03. The number of carbonyl (C=O) groups excluding carboxylic acids is 2. The number of ketones is 1. The van der Waals surface area contributed by atoms with Crippen LogP contribution in [0.1, 0.15) is 40.5 Å². The summed E-state index contributed by atoms with van der Waals surface area (Å²) >= 11 is 2.54. The Labute approximate surface area is 177 Å². The Morgan fingerprint density at radius 3 is 2.66 bits per heavy atom. The molecule has 2 aromatic carbocycles. The SMILES string of the molecule is CCCCOc1cccc(C(=O)Nc2nnc(SCC(=O)c3ccccc3)s2)c1. The number of thioether (sulfide) groups is 1. The molecule has 8 heteroatoms. The molecule has 1 aromatic heterocycles. The third-order valence-corrected chi connectivity index (χ3v) is 5.88. The van der Waals surface area contributed by atoms with Crippen LogP contribution in [0.2, 0.25) is 0 Å². The predicted molar refractivity (Wildman–Crippen MR) is 116 cm³/mol. The Bertz CT molecular complexity index is 961. The van der Waals surface area contributed by atoms with E-state index in [2.05, 4.69) is 22.4 Å². The summed E-state index contributed by atoms with van der Waals surface area (Å²) < 4.78 is 6.27. The van der Waals surface area contributed by atoms with E-state index >= 15 is 0 Å². The summed E-state index contributed by atoms with van der Waals surface area (Å²) in [4.78, 5) is 24.6. The monoisotopic (exact) mass is 427 g/mol. The van der Waals surface area contributed by atoms with Crippen molar-refractivity contribution in [1.82, 2.24) is 10.2 Å². The van der Waals surface area contributed by atoms with Gasteiger partial charge < -0.3 is 4.74 Å². The minimum Gasteiger partial charge on any atom is -0.494 e. The number of amides is 1. The van der Waals surface area contributed by atoms with Crippen molar-refractivity contribution in [2.75, 3.05) is 17.7 Å². The van der Waals surface area contributed by atoms with Crippen LogP contribution in [-0.4, -0.2) is 34.2 Å². The second kappa shape index (κ2) is 10.7. The van der Waals surface area contributed by atoms with E-state index < -0.39 is 0 Å². The number of Topliss-reactive ketones (excluding diaryl/α,β-unsaturated/α-hetero) is 1. The normalized spacial score (nSPS) is 10.5. The fourth-order valence-electron chi connectivity index (χ4n) is 2.38. The molecule has 1 heterocycles. The van der Waals surface area contributed by atoms with Crippen LogP contribution in [0.25, 0.3) is 0 Å². The van der Waals surface area contributed by atoms with Crippen molar-refractivity contribution in [3.63, 3.8) is 0 Å².